The Kier molecular flexibility index (Phi) is 11.1. The average molecular weight is 1260 g/mol. The summed E-state index contributed by atoms with van der Waals surface area (Å²) >= 11 is 0. The Balaban J connectivity index is 0.653. The summed E-state index contributed by atoms with van der Waals surface area (Å²) in [6.07, 6.45) is 0. The van der Waals surface area contributed by atoms with E-state index in [0.29, 0.717) is 11.6 Å². The molecular formula is C90H51N7O2. The summed E-state index contributed by atoms with van der Waals surface area (Å²) in [7, 11) is 0. The fourth-order valence-electron chi connectivity index (χ4n) is 16.2. The standard InChI is InChI=1S/C90H51N7O2/c1-2-17-57(18-3-1)97-76-48-38-55(56-36-43-64-63-20-6-10-27-74(63)96(78(64)51-56)59-41-34-53(35-42-59)89-91-72-26-15-31-81-83(72)85(93-89)69-22-8-12-29-79(69)98-81)50-71(76)66-45-44-62-61(24-14-25-65(62)87(66)97)67-46-47-73-84-86(70-23-9-13-30-80(70)99-88(67)84)94-90(92-73)54-32-39-58(40-33-54)95-75-28-11-7-21-68(75)82-60-19-5-4-16-52(60)37-49-77(82)95/h1-51H. The molecule has 7 heterocycles. The monoisotopic (exact) mass is 1260 g/mol. The molecule has 0 amide bonds. The summed E-state index contributed by atoms with van der Waals surface area (Å²) < 4.78 is 20.6. The van der Waals surface area contributed by atoms with Crippen LogP contribution in [0.5, 0.6) is 23.0 Å². The Morgan fingerprint density at radius 2 is 0.758 bits per heavy atom. The van der Waals surface area contributed by atoms with Crippen molar-refractivity contribution in [2.75, 3.05) is 0 Å². The van der Waals surface area contributed by atoms with E-state index in [0.717, 1.165) is 151 Å². The second kappa shape index (κ2) is 20.5. The van der Waals surface area contributed by atoms with Gasteiger partial charge in [-0.3, -0.25) is 0 Å². The van der Waals surface area contributed by atoms with Crippen molar-refractivity contribution in [3.63, 3.8) is 0 Å². The van der Waals surface area contributed by atoms with Crippen LogP contribution in [0.15, 0.2) is 309 Å². The number of ether oxygens (including phenoxy) is 2. The average Bonchev–Trinajstić information content (AvgIpc) is 1.72. The van der Waals surface area contributed by atoms with Crippen molar-refractivity contribution in [1.29, 1.82) is 0 Å². The number of para-hydroxylation sites is 5. The highest BCUT2D eigenvalue weighted by Gasteiger charge is 2.29. The molecule has 0 radical (unpaired) electrons. The summed E-state index contributed by atoms with van der Waals surface area (Å²) in [5, 5.41) is 13.8. The minimum Gasteiger partial charge on any atom is -0.456 e. The fraction of sp³-hybridized carbons (Fsp3) is 0. The van der Waals surface area contributed by atoms with Crippen molar-refractivity contribution in [3.05, 3.63) is 309 Å². The van der Waals surface area contributed by atoms with Gasteiger partial charge < -0.3 is 23.2 Å². The molecule has 22 rings (SSSR count). The van der Waals surface area contributed by atoms with Gasteiger partial charge in [0, 0.05) is 82.6 Å². The number of aromatic nitrogens is 7. The third-order valence-corrected chi connectivity index (χ3v) is 20.6. The van der Waals surface area contributed by atoms with E-state index in [1.54, 1.807) is 0 Å². The molecule has 0 fully saturated rings. The van der Waals surface area contributed by atoms with E-state index in [1.165, 1.54) is 54.1 Å². The zero-order valence-electron chi connectivity index (χ0n) is 52.9. The molecule has 0 N–H and O–H groups in total. The Morgan fingerprint density at radius 1 is 0.242 bits per heavy atom. The van der Waals surface area contributed by atoms with Gasteiger partial charge in [0.25, 0.3) is 0 Å². The lowest BCUT2D eigenvalue weighted by Gasteiger charge is -2.23. The van der Waals surface area contributed by atoms with Gasteiger partial charge in [0.2, 0.25) is 0 Å². The molecule has 9 heteroatoms. The van der Waals surface area contributed by atoms with Crippen LogP contribution in [-0.2, 0) is 0 Å². The lowest BCUT2D eigenvalue weighted by atomic mass is 9.92. The first-order valence-electron chi connectivity index (χ1n) is 33.5. The molecule has 15 aromatic carbocycles. The van der Waals surface area contributed by atoms with Crippen molar-refractivity contribution in [2.24, 2.45) is 0 Å². The lowest BCUT2D eigenvalue weighted by Crippen LogP contribution is -2.04. The Hall–Kier alpha value is -13.5. The molecule has 0 atom stereocenters. The van der Waals surface area contributed by atoms with E-state index in [9.17, 15) is 0 Å². The highest BCUT2D eigenvalue weighted by atomic mass is 16.5. The maximum atomic E-state index is 7.10. The Morgan fingerprint density at radius 3 is 1.54 bits per heavy atom. The van der Waals surface area contributed by atoms with Crippen molar-refractivity contribution in [1.82, 2.24) is 33.6 Å². The minimum absolute atomic E-state index is 0.655. The molecule has 99 heavy (non-hydrogen) atoms. The normalized spacial score (nSPS) is 12.4. The summed E-state index contributed by atoms with van der Waals surface area (Å²) in [6, 6.07) is 111. The molecule has 0 bridgehead atoms. The quantitative estimate of drug-likeness (QED) is 0.158. The van der Waals surface area contributed by atoms with Crippen LogP contribution in [0.2, 0.25) is 0 Å². The zero-order chi connectivity index (χ0) is 64.6. The molecule has 5 aromatic heterocycles. The van der Waals surface area contributed by atoms with E-state index in [1.807, 2.05) is 48.5 Å². The first kappa shape index (κ1) is 53.8. The van der Waals surface area contributed by atoms with Crippen LogP contribution < -0.4 is 9.47 Å². The largest absolute Gasteiger partial charge is 0.456 e. The van der Waals surface area contributed by atoms with Crippen molar-refractivity contribution in [2.45, 2.75) is 0 Å². The molecule has 0 saturated heterocycles. The van der Waals surface area contributed by atoms with E-state index >= 15 is 0 Å². The molecule has 2 aliphatic rings. The van der Waals surface area contributed by atoms with Crippen LogP contribution >= 0.6 is 0 Å². The number of hydrogen-bond acceptors (Lipinski definition) is 6. The van der Waals surface area contributed by atoms with Gasteiger partial charge in [-0.2, -0.15) is 0 Å². The molecule has 0 aliphatic carbocycles. The van der Waals surface area contributed by atoms with Crippen LogP contribution in [-0.4, -0.2) is 33.6 Å². The lowest BCUT2D eigenvalue weighted by molar-refractivity contribution is 0.486. The Bertz CT molecular complexity index is 6910. The number of benzene rings is 15. The molecule has 2 aliphatic heterocycles. The van der Waals surface area contributed by atoms with E-state index < -0.39 is 0 Å². The third-order valence-electron chi connectivity index (χ3n) is 20.6. The summed E-state index contributed by atoms with van der Waals surface area (Å²) in [4.78, 5) is 21.1. The SMILES string of the molecule is c1ccc(-n2c3ccc(-c4ccc5c6ccccc6n(-c6ccc(-c7nc8c9c(cccc9n7)Oc7ccccc7-8)cc6)c5c4)cc3c3ccc4c(-c5ccc6nc(-c7ccc(-n8c9ccccc9c9c%10ccccc%10ccc98)cc7)nc7c6c5Oc5ccccc5-7)cccc4c32)cc1. The number of hydrogen-bond donors (Lipinski definition) is 0. The summed E-state index contributed by atoms with van der Waals surface area (Å²) in [6.45, 7) is 0. The second-order valence-corrected chi connectivity index (χ2v) is 26.0. The maximum absolute atomic E-state index is 7.10. The molecule has 9 nitrogen and oxygen atoms in total. The summed E-state index contributed by atoms with van der Waals surface area (Å²) in [5.74, 6) is 4.40. The number of fused-ring (bicyclic) bond motifs is 17. The van der Waals surface area contributed by atoms with E-state index in [4.69, 9.17) is 29.4 Å². The fourth-order valence-corrected chi connectivity index (χ4v) is 16.2. The second-order valence-electron chi connectivity index (χ2n) is 26.0. The topological polar surface area (TPSA) is 84.8 Å². The van der Waals surface area contributed by atoms with Crippen LogP contribution in [0.3, 0.4) is 0 Å². The van der Waals surface area contributed by atoms with Crippen molar-refractivity contribution < 1.29 is 9.47 Å². The van der Waals surface area contributed by atoms with Crippen LogP contribution in [0, 0.1) is 0 Å². The zero-order valence-corrected chi connectivity index (χ0v) is 52.9. The maximum Gasteiger partial charge on any atom is 0.160 e. The molecule has 0 saturated carbocycles. The molecular weight excluding hydrogens is 1210 g/mol. The van der Waals surface area contributed by atoms with Crippen molar-refractivity contribution >= 4 is 109 Å². The predicted octanol–water partition coefficient (Wildman–Crippen LogP) is 23.4. The first-order valence-corrected chi connectivity index (χ1v) is 33.5. The third kappa shape index (κ3) is 7.86. The molecule has 458 valence electrons. The number of rotatable bonds is 7. The molecule has 0 unspecified atom stereocenters. The van der Waals surface area contributed by atoms with Crippen LogP contribution in [0.25, 0.3) is 193 Å². The highest BCUT2D eigenvalue weighted by Crippen LogP contribution is 2.53. The Labute approximate surface area is 565 Å². The number of nitrogens with zero attached hydrogens (tertiary/aromatic N) is 7. The van der Waals surface area contributed by atoms with E-state index in [-0.39, 0.29) is 0 Å². The van der Waals surface area contributed by atoms with Gasteiger partial charge in [0.1, 0.15) is 23.0 Å². The molecule has 0 spiro atoms. The minimum atomic E-state index is 0.655. The summed E-state index contributed by atoms with van der Waals surface area (Å²) in [5.41, 5.74) is 21.5. The van der Waals surface area contributed by atoms with Gasteiger partial charge in [-0.15, -0.1) is 0 Å². The van der Waals surface area contributed by atoms with Gasteiger partial charge >= 0.3 is 0 Å². The predicted molar refractivity (Wildman–Crippen MR) is 403 cm³/mol. The van der Waals surface area contributed by atoms with Crippen LogP contribution in [0.1, 0.15) is 0 Å². The highest BCUT2D eigenvalue weighted by molar-refractivity contribution is 6.23. The van der Waals surface area contributed by atoms with Gasteiger partial charge in [-0.05, 0) is 178 Å². The van der Waals surface area contributed by atoms with Crippen LogP contribution in [0.4, 0.5) is 0 Å². The molecule has 20 aromatic rings. The van der Waals surface area contributed by atoms with Crippen molar-refractivity contribution in [3.8, 4) is 108 Å². The van der Waals surface area contributed by atoms with Gasteiger partial charge in [0.05, 0.1) is 66.3 Å². The first-order chi connectivity index (χ1) is 49.1. The van der Waals surface area contributed by atoms with Gasteiger partial charge in [-0.1, -0.05) is 164 Å². The van der Waals surface area contributed by atoms with E-state index in [2.05, 4.69) is 275 Å². The smallest absolute Gasteiger partial charge is 0.160 e. The van der Waals surface area contributed by atoms with Gasteiger partial charge in [-0.25, -0.2) is 19.9 Å². The van der Waals surface area contributed by atoms with Gasteiger partial charge in [0.15, 0.2) is 11.6 Å².